The van der Waals surface area contributed by atoms with Crippen molar-refractivity contribution in [1.82, 2.24) is 5.43 Å². The van der Waals surface area contributed by atoms with E-state index in [1.165, 1.54) is 0 Å². The molecule has 1 atom stereocenters. The molecule has 4 rings (SSSR count). The Bertz CT molecular complexity index is 1300. The maximum absolute atomic E-state index is 12.5. The number of nitrogens with one attached hydrogen (secondary N) is 1. The largest absolute Gasteiger partial charge is 0.497 e. The van der Waals surface area contributed by atoms with Crippen molar-refractivity contribution < 1.29 is 19.0 Å². The molecule has 6 nitrogen and oxygen atoms in total. The highest BCUT2D eigenvalue weighted by Crippen LogP contribution is 2.22. The number of fused-ring (bicyclic) bond motifs is 1. The molecule has 0 radical (unpaired) electrons. The van der Waals surface area contributed by atoms with Crippen LogP contribution in [0, 0.1) is 0 Å². The number of carbonyl (C=O) groups excluding carboxylic acids is 1. The number of hydrazone groups is 1. The number of carbonyl (C=O) groups is 1. The number of hydrogen-bond donors (Lipinski definition) is 1. The zero-order chi connectivity index (χ0) is 23.8. The predicted octanol–water partition coefficient (Wildman–Crippen LogP) is 5.35. The summed E-state index contributed by atoms with van der Waals surface area (Å²) in [5.41, 5.74) is 4.27. The average Bonchev–Trinajstić information content (AvgIpc) is 2.88. The normalized spacial score (nSPS) is 11.8. The third kappa shape index (κ3) is 5.92. The molecule has 6 heteroatoms. The number of hydrogen-bond acceptors (Lipinski definition) is 5. The van der Waals surface area contributed by atoms with Crippen molar-refractivity contribution in [3.63, 3.8) is 0 Å². The first-order chi connectivity index (χ1) is 16.6. The highest BCUT2D eigenvalue weighted by Gasteiger charge is 2.14. The molecule has 0 aliphatic rings. The van der Waals surface area contributed by atoms with Crippen LogP contribution in [-0.2, 0) is 11.4 Å². The second-order valence-electron chi connectivity index (χ2n) is 7.68. The third-order valence-electron chi connectivity index (χ3n) is 5.23. The van der Waals surface area contributed by atoms with Crippen LogP contribution in [0.15, 0.2) is 96.1 Å². The SMILES string of the molecule is COc1cccc(COc2ccccc2C=NNC(=O)C(C)Oc2ccc3ccccc3c2)c1. The molecule has 34 heavy (non-hydrogen) atoms. The van der Waals surface area contributed by atoms with Crippen LogP contribution >= 0.6 is 0 Å². The molecule has 1 N–H and O–H groups in total. The number of benzene rings is 4. The summed E-state index contributed by atoms with van der Waals surface area (Å²) in [6.07, 6.45) is 0.847. The second-order valence-corrected chi connectivity index (χ2v) is 7.68. The van der Waals surface area contributed by atoms with E-state index < -0.39 is 6.10 Å². The number of nitrogens with zero attached hydrogens (tertiary/aromatic N) is 1. The fourth-order valence-electron chi connectivity index (χ4n) is 3.40. The molecule has 1 amide bonds. The van der Waals surface area contributed by atoms with Gasteiger partial charge in [-0.2, -0.15) is 5.10 Å². The van der Waals surface area contributed by atoms with Crippen LogP contribution in [0.25, 0.3) is 10.8 Å². The summed E-state index contributed by atoms with van der Waals surface area (Å²) >= 11 is 0. The Labute approximate surface area is 198 Å². The summed E-state index contributed by atoms with van der Waals surface area (Å²) in [6.45, 7) is 2.07. The summed E-state index contributed by atoms with van der Waals surface area (Å²) in [5.74, 6) is 1.71. The first-order valence-electron chi connectivity index (χ1n) is 11.0. The number of rotatable bonds is 9. The second kappa shape index (κ2) is 11.0. The molecule has 0 aromatic heterocycles. The number of ether oxygens (including phenoxy) is 3. The monoisotopic (exact) mass is 454 g/mol. The van der Waals surface area contributed by atoms with Gasteiger partial charge in [-0.25, -0.2) is 5.43 Å². The molecular formula is C28H26N2O4. The summed E-state index contributed by atoms with van der Waals surface area (Å²) in [5, 5.41) is 6.26. The van der Waals surface area contributed by atoms with Crippen LogP contribution in [0.4, 0.5) is 0 Å². The van der Waals surface area contributed by atoms with Crippen LogP contribution in [0.5, 0.6) is 17.2 Å². The van der Waals surface area contributed by atoms with Gasteiger partial charge in [-0.1, -0.05) is 54.6 Å². The van der Waals surface area contributed by atoms with Crippen LogP contribution in [0.2, 0.25) is 0 Å². The lowest BCUT2D eigenvalue weighted by Crippen LogP contribution is -2.33. The standard InChI is InChI=1S/C28H26N2O4/c1-20(34-26-15-14-22-9-3-4-10-23(22)17-26)28(31)30-29-18-24-11-5-6-13-27(24)33-19-21-8-7-12-25(16-21)32-2/h3-18,20H,19H2,1-2H3,(H,30,31). The van der Waals surface area contributed by atoms with E-state index in [1.807, 2.05) is 91.0 Å². The van der Waals surface area contributed by atoms with Gasteiger partial charge in [0.25, 0.3) is 5.91 Å². The fourth-order valence-corrected chi connectivity index (χ4v) is 3.40. The van der Waals surface area contributed by atoms with Crippen molar-refractivity contribution in [1.29, 1.82) is 0 Å². The highest BCUT2D eigenvalue weighted by molar-refractivity contribution is 5.87. The van der Waals surface area contributed by atoms with Gasteiger partial charge in [-0.3, -0.25) is 4.79 Å². The maximum atomic E-state index is 12.5. The van der Waals surface area contributed by atoms with Crippen molar-refractivity contribution in [3.8, 4) is 17.2 Å². The first-order valence-corrected chi connectivity index (χ1v) is 11.0. The van der Waals surface area contributed by atoms with Gasteiger partial charge in [-0.15, -0.1) is 0 Å². The van der Waals surface area contributed by atoms with Crippen molar-refractivity contribution >= 4 is 22.9 Å². The zero-order valence-electron chi connectivity index (χ0n) is 19.1. The zero-order valence-corrected chi connectivity index (χ0v) is 19.1. The minimum absolute atomic E-state index is 0.348. The van der Waals surface area contributed by atoms with Crippen molar-refractivity contribution in [2.24, 2.45) is 5.10 Å². The van der Waals surface area contributed by atoms with E-state index in [2.05, 4.69) is 10.5 Å². The molecule has 0 bridgehead atoms. The quantitative estimate of drug-likeness (QED) is 0.274. The predicted molar refractivity (Wildman–Crippen MR) is 134 cm³/mol. The Morgan fingerprint density at radius 1 is 0.912 bits per heavy atom. The minimum atomic E-state index is -0.710. The highest BCUT2D eigenvalue weighted by atomic mass is 16.5. The lowest BCUT2D eigenvalue weighted by Gasteiger charge is -2.13. The van der Waals surface area contributed by atoms with Crippen LogP contribution in [0.1, 0.15) is 18.1 Å². The van der Waals surface area contributed by atoms with E-state index in [9.17, 15) is 4.79 Å². The average molecular weight is 455 g/mol. The fraction of sp³-hybridized carbons (Fsp3) is 0.143. The summed E-state index contributed by atoms with van der Waals surface area (Å²) in [4.78, 5) is 12.5. The van der Waals surface area contributed by atoms with Gasteiger partial charge in [0, 0.05) is 5.56 Å². The number of methoxy groups -OCH3 is 1. The molecule has 0 aliphatic carbocycles. The Kier molecular flexibility index (Phi) is 7.40. The van der Waals surface area contributed by atoms with E-state index in [4.69, 9.17) is 14.2 Å². The Balaban J connectivity index is 1.34. The van der Waals surface area contributed by atoms with Gasteiger partial charge in [0.15, 0.2) is 6.10 Å². The van der Waals surface area contributed by atoms with Gasteiger partial charge < -0.3 is 14.2 Å². The van der Waals surface area contributed by atoms with E-state index in [0.717, 1.165) is 27.6 Å². The Morgan fingerprint density at radius 3 is 2.56 bits per heavy atom. The minimum Gasteiger partial charge on any atom is -0.497 e. The Morgan fingerprint density at radius 2 is 1.71 bits per heavy atom. The van der Waals surface area contributed by atoms with Crippen LogP contribution in [0.3, 0.4) is 0 Å². The molecule has 4 aromatic carbocycles. The molecule has 172 valence electrons. The molecule has 0 aliphatic heterocycles. The third-order valence-corrected chi connectivity index (χ3v) is 5.23. The van der Waals surface area contributed by atoms with Gasteiger partial charge in [-0.05, 0) is 59.7 Å². The van der Waals surface area contributed by atoms with E-state index in [1.54, 1.807) is 20.2 Å². The lowest BCUT2D eigenvalue weighted by atomic mass is 10.1. The smallest absolute Gasteiger partial charge is 0.280 e. The lowest BCUT2D eigenvalue weighted by molar-refractivity contribution is -0.127. The first kappa shape index (κ1) is 22.9. The van der Waals surface area contributed by atoms with Gasteiger partial charge in [0.05, 0.1) is 13.3 Å². The van der Waals surface area contributed by atoms with Crippen LogP contribution in [-0.4, -0.2) is 25.3 Å². The molecule has 0 saturated carbocycles. The van der Waals surface area contributed by atoms with Gasteiger partial charge in [0.2, 0.25) is 0 Å². The van der Waals surface area contributed by atoms with E-state index >= 15 is 0 Å². The van der Waals surface area contributed by atoms with Crippen molar-refractivity contribution in [3.05, 3.63) is 102 Å². The van der Waals surface area contributed by atoms with Crippen molar-refractivity contribution in [2.75, 3.05) is 7.11 Å². The molecule has 0 fully saturated rings. The molecule has 0 heterocycles. The van der Waals surface area contributed by atoms with E-state index in [0.29, 0.717) is 18.1 Å². The summed E-state index contributed by atoms with van der Waals surface area (Å²) < 4.78 is 17.0. The molecule has 4 aromatic rings. The molecule has 0 saturated heterocycles. The van der Waals surface area contributed by atoms with Crippen molar-refractivity contribution in [2.45, 2.75) is 19.6 Å². The van der Waals surface area contributed by atoms with E-state index in [-0.39, 0.29) is 5.91 Å². The van der Waals surface area contributed by atoms with Gasteiger partial charge >= 0.3 is 0 Å². The van der Waals surface area contributed by atoms with Gasteiger partial charge in [0.1, 0.15) is 23.9 Å². The number of para-hydroxylation sites is 1. The topological polar surface area (TPSA) is 69.2 Å². The summed E-state index contributed by atoms with van der Waals surface area (Å²) in [7, 11) is 1.63. The molecule has 0 spiro atoms. The molecule has 1 unspecified atom stereocenters. The Hall–Kier alpha value is -4.32. The molecular weight excluding hydrogens is 428 g/mol. The summed E-state index contributed by atoms with van der Waals surface area (Å²) in [6, 6.07) is 28.9. The number of amides is 1. The maximum Gasteiger partial charge on any atom is 0.280 e. The van der Waals surface area contributed by atoms with Crippen LogP contribution < -0.4 is 19.6 Å².